The summed E-state index contributed by atoms with van der Waals surface area (Å²) in [6, 6.07) is 50.4. The van der Waals surface area contributed by atoms with Crippen LogP contribution in [-0.2, 0) is 25.5 Å². The van der Waals surface area contributed by atoms with Crippen LogP contribution in [0.15, 0.2) is 138 Å². The maximum Gasteiger partial charge on any atom is 0 e. The van der Waals surface area contributed by atoms with E-state index in [-0.39, 0.29) is 25.5 Å². The van der Waals surface area contributed by atoms with Crippen molar-refractivity contribution in [3.05, 3.63) is 163 Å². The van der Waals surface area contributed by atoms with Crippen LogP contribution in [0.3, 0.4) is 0 Å². The number of furan rings is 1. The van der Waals surface area contributed by atoms with Gasteiger partial charge in [-0.25, -0.2) is 4.98 Å². The average molecular weight is 1010 g/mol. The number of imidazole rings is 1. The smallest absolute Gasteiger partial charge is 0 e. The Hall–Kier alpha value is -5.14. The second-order valence-electron chi connectivity index (χ2n) is 17.3. The largest absolute Gasteiger partial charge is 0 e. The SMILES string of the molecule is Cc1ccc2c(n1)oc1c(-c3nc4ccccc4n3-c3ccc(C(C)(C)C)cc3-c3ccccc3)[c-]ccc12.[2H]C(C)(C)c1cc(-c2[c-]cccc2)nc[c]1[Ge]([CH3])([CH3])[CH3].[Ir]. The van der Waals surface area contributed by atoms with Gasteiger partial charge in [-0.2, -0.15) is 0 Å². The molecule has 0 fully saturated rings. The van der Waals surface area contributed by atoms with E-state index in [0.717, 1.165) is 78.1 Å². The van der Waals surface area contributed by atoms with Gasteiger partial charge in [-0.05, 0) is 59.9 Å². The molecule has 0 aliphatic rings. The molecule has 59 heavy (non-hydrogen) atoms. The van der Waals surface area contributed by atoms with Gasteiger partial charge >= 0.3 is 120 Å². The predicted octanol–water partition coefficient (Wildman–Crippen LogP) is 13.3. The fraction of sp³-hybridized carbons (Fsp3) is 0.212. The molecule has 0 unspecified atom stereocenters. The summed E-state index contributed by atoms with van der Waals surface area (Å²) in [6.07, 6.45) is 2.00. The number of hydrogen-bond acceptors (Lipinski definition) is 4. The van der Waals surface area contributed by atoms with Crippen molar-refractivity contribution in [1.29, 1.82) is 0 Å². The molecule has 0 N–H and O–H groups in total. The van der Waals surface area contributed by atoms with Crippen LogP contribution in [0.5, 0.6) is 0 Å². The first-order chi connectivity index (χ1) is 28.1. The fourth-order valence-corrected chi connectivity index (χ4v) is 10.9. The Kier molecular flexibility index (Phi) is 11.6. The van der Waals surface area contributed by atoms with Gasteiger partial charge in [-0.15, -0.1) is 18.2 Å². The zero-order chi connectivity index (χ0) is 41.7. The van der Waals surface area contributed by atoms with Crippen LogP contribution in [0.1, 0.15) is 58.7 Å². The van der Waals surface area contributed by atoms with Gasteiger partial charge < -0.3 is 8.98 Å². The molecule has 0 amide bonds. The van der Waals surface area contributed by atoms with E-state index in [2.05, 4.69) is 144 Å². The Labute approximate surface area is 366 Å². The summed E-state index contributed by atoms with van der Waals surface area (Å²) >= 11 is -2.03. The molecule has 4 heterocycles. The zero-order valence-corrected chi connectivity index (χ0v) is 39.7. The van der Waals surface area contributed by atoms with Gasteiger partial charge in [0.15, 0.2) is 0 Å². The Morgan fingerprint density at radius 2 is 1.53 bits per heavy atom. The third-order valence-electron chi connectivity index (χ3n) is 10.6. The van der Waals surface area contributed by atoms with Crippen LogP contribution in [-0.4, -0.2) is 32.8 Å². The summed E-state index contributed by atoms with van der Waals surface area (Å²) in [4.78, 5) is 14.4. The number of pyridine rings is 2. The van der Waals surface area contributed by atoms with Gasteiger partial charge in [0.2, 0.25) is 5.71 Å². The van der Waals surface area contributed by atoms with Crippen LogP contribution >= 0.6 is 0 Å². The molecule has 0 atom stereocenters. The van der Waals surface area contributed by atoms with Crippen LogP contribution in [0.4, 0.5) is 0 Å². The predicted molar refractivity (Wildman–Crippen MR) is 245 cm³/mol. The topological polar surface area (TPSA) is 56.7 Å². The van der Waals surface area contributed by atoms with E-state index in [0.29, 0.717) is 5.71 Å². The van der Waals surface area contributed by atoms with Gasteiger partial charge in [0, 0.05) is 42.4 Å². The molecule has 9 rings (SSSR count). The average Bonchev–Trinajstić information content (AvgIpc) is 3.78. The summed E-state index contributed by atoms with van der Waals surface area (Å²) in [7, 11) is 0. The van der Waals surface area contributed by atoms with Crippen molar-refractivity contribution in [2.45, 2.75) is 70.1 Å². The van der Waals surface area contributed by atoms with Crippen molar-refractivity contribution >= 4 is 50.8 Å². The number of nitrogens with zero attached hydrogens (tertiary/aromatic N) is 4. The number of benzene rings is 5. The van der Waals surface area contributed by atoms with Crippen LogP contribution < -0.4 is 4.40 Å². The van der Waals surface area contributed by atoms with Crippen LogP contribution in [0.25, 0.3) is 72.6 Å². The van der Waals surface area contributed by atoms with E-state index >= 15 is 0 Å². The number of hydrogen-bond donors (Lipinski definition) is 0. The number of fused-ring (bicyclic) bond motifs is 4. The van der Waals surface area contributed by atoms with E-state index in [4.69, 9.17) is 10.8 Å². The molecule has 9 aromatic rings. The number of aryl methyl sites for hydroxylation is 1. The maximum atomic E-state index is 8.44. The Balaban J connectivity index is 0.000000220. The van der Waals surface area contributed by atoms with E-state index in [1.165, 1.54) is 9.96 Å². The molecule has 0 saturated heterocycles. The van der Waals surface area contributed by atoms with Crippen LogP contribution in [0.2, 0.25) is 17.3 Å². The van der Waals surface area contributed by atoms with E-state index < -0.39 is 19.2 Å². The molecule has 0 saturated carbocycles. The van der Waals surface area contributed by atoms with E-state index in [1.807, 2.05) is 75.5 Å². The van der Waals surface area contributed by atoms with Crippen molar-refractivity contribution in [2.75, 3.05) is 0 Å². The van der Waals surface area contributed by atoms with Gasteiger partial charge in [0.1, 0.15) is 0 Å². The van der Waals surface area contributed by atoms with Crippen molar-refractivity contribution < 1.29 is 25.9 Å². The summed E-state index contributed by atoms with van der Waals surface area (Å²) in [6.45, 7) is 12.6. The van der Waals surface area contributed by atoms with Crippen LogP contribution in [0, 0.1) is 19.1 Å². The number of para-hydroxylation sites is 2. The molecule has 0 spiro atoms. The molecule has 0 aliphatic carbocycles. The first-order valence-electron chi connectivity index (χ1n) is 20.4. The molecule has 5 nitrogen and oxygen atoms in total. The summed E-state index contributed by atoms with van der Waals surface area (Å²) in [5.74, 6) is 7.24. The fourth-order valence-electron chi connectivity index (χ4n) is 7.53. The monoisotopic (exact) mass is 1010 g/mol. The summed E-state index contributed by atoms with van der Waals surface area (Å²) in [5.41, 5.74) is 12.8. The van der Waals surface area contributed by atoms with E-state index in [9.17, 15) is 0 Å². The third-order valence-corrected chi connectivity index (χ3v) is 14.9. The quantitative estimate of drug-likeness (QED) is 0.123. The second-order valence-corrected chi connectivity index (χ2v) is 27.8. The van der Waals surface area contributed by atoms with Gasteiger partial charge in [0.05, 0.1) is 22.4 Å². The summed E-state index contributed by atoms with van der Waals surface area (Å²) < 4.78 is 18.4. The molecular weight excluding hydrogens is 961 g/mol. The van der Waals surface area contributed by atoms with Crippen molar-refractivity contribution in [2.24, 2.45) is 0 Å². The first kappa shape index (κ1) is 40.6. The van der Waals surface area contributed by atoms with Gasteiger partial charge in [-0.3, -0.25) is 4.98 Å². The van der Waals surface area contributed by atoms with Gasteiger partial charge in [0.25, 0.3) is 0 Å². The minimum atomic E-state index is -2.03. The molecule has 0 aliphatic heterocycles. The van der Waals surface area contributed by atoms with Crippen molar-refractivity contribution in [1.82, 2.24) is 19.5 Å². The molecule has 1 radical (unpaired) electrons. The molecular formula is C52H50GeIrN4O-2. The third kappa shape index (κ3) is 8.50. The van der Waals surface area contributed by atoms with E-state index in [1.54, 1.807) is 0 Å². The van der Waals surface area contributed by atoms with Crippen molar-refractivity contribution in [3.8, 4) is 39.5 Å². The molecule has 0 bridgehead atoms. The standard InChI is InChI=1S/C35H28N3O.C17H22GeN.Ir/c1-22-17-19-26-25-13-10-14-27(32(25)39-34(26)36-22)33-37-29-15-8-9-16-31(29)38(33)30-20-18-24(35(2,3)4)21-28(30)23-11-6-5-7-12-23;1-13(2)15-11-17(14-9-7-6-8-10-14)19-12-16(15)18(3,4)5;/h5-13,15-21H,1-4H3;6-9,11-13H,1-5H3;/q2*-1;/i;13D;. The minimum Gasteiger partial charge on any atom is 0 e. The normalized spacial score (nSPS) is 12.3. The Bertz CT molecular complexity index is 2960. The Morgan fingerprint density at radius 1 is 0.780 bits per heavy atom. The second kappa shape index (κ2) is 16.8. The number of aromatic nitrogens is 4. The van der Waals surface area contributed by atoms with Crippen molar-refractivity contribution in [3.63, 3.8) is 0 Å². The maximum absolute atomic E-state index is 8.44. The number of rotatable bonds is 6. The first-order valence-corrected chi connectivity index (χ1v) is 27.3. The Morgan fingerprint density at radius 3 is 2.24 bits per heavy atom. The molecule has 4 aromatic heterocycles. The van der Waals surface area contributed by atoms with Gasteiger partial charge in [-0.1, -0.05) is 80.3 Å². The summed E-state index contributed by atoms with van der Waals surface area (Å²) in [5, 5.41) is 2.00. The molecule has 5 aromatic carbocycles. The minimum absolute atomic E-state index is 0. The molecule has 7 heteroatoms. The molecule has 299 valence electrons. The zero-order valence-electron chi connectivity index (χ0n) is 36.2.